The molecule has 0 radical (unpaired) electrons. The number of ether oxygens (including phenoxy) is 1. The summed E-state index contributed by atoms with van der Waals surface area (Å²) >= 11 is 0. The summed E-state index contributed by atoms with van der Waals surface area (Å²) in [6.45, 7) is 15.3. The third-order valence-electron chi connectivity index (χ3n) is 1.73. The van der Waals surface area contributed by atoms with Gasteiger partial charge in [-0.3, -0.25) is 4.79 Å². The summed E-state index contributed by atoms with van der Waals surface area (Å²) < 4.78 is 4.70. The van der Waals surface area contributed by atoms with Crippen LogP contribution in [0.3, 0.4) is 0 Å². The molecule has 0 fully saturated rings. The number of nitrogens with two attached hydrogens (primary N) is 1. The molecule has 4 nitrogen and oxygen atoms in total. The van der Waals surface area contributed by atoms with E-state index in [4.69, 9.17) is 10.5 Å². The van der Waals surface area contributed by atoms with Crippen LogP contribution in [0.2, 0.25) is 0 Å². The van der Waals surface area contributed by atoms with Crippen LogP contribution >= 0.6 is 0 Å². The van der Waals surface area contributed by atoms with E-state index in [0.717, 1.165) is 0 Å². The fourth-order valence-electron chi connectivity index (χ4n) is 0.901. The number of carbonyl (C=O) groups excluding carboxylic acids is 2. The van der Waals surface area contributed by atoms with E-state index in [-0.39, 0.29) is 11.9 Å². The highest BCUT2D eigenvalue weighted by Gasteiger charge is 2.02. The predicted octanol–water partition coefficient (Wildman–Crippen LogP) is 2.45. The maximum atomic E-state index is 10.4. The molecule has 0 aliphatic rings. The molecule has 0 aromatic rings. The van der Waals surface area contributed by atoms with Crippen LogP contribution in [0.5, 0.6) is 0 Å². The Hall–Kier alpha value is -1.58. The second kappa shape index (κ2) is 10.6. The fourth-order valence-corrected chi connectivity index (χ4v) is 0.901. The Bertz CT molecular complexity index is 291. The van der Waals surface area contributed by atoms with Crippen molar-refractivity contribution in [3.8, 4) is 0 Å². The van der Waals surface area contributed by atoms with Gasteiger partial charge in [0.25, 0.3) is 0 Å². The van der Waals surface area contributed by atoms with E-state index in [9.17, 15) is 9.59 Å². The van der Waals surface area contributed by atoms with Gasteiger partial charge in [0.15, 0.2) is 0 Å². The molecule has 104 valence electrons. The average molecular weight is 255 g/mol. The van der Waals surface area contributed by atoms with Crippen LogP contribution in [0.25, 0.3) is 0 Å². The van der Waals surface area contributed by atoms with Gasteiger partial charge in [0.1, 0.15) is 0 Å². The Morgan fingerprint density at radius 2 is 1.72 bits per heavy atom. The standard InChI is InChI=1S/C7H13NO.C7H12O2/c1-5(2)4-6(3)7(8)9;1-4-7(8)9-5-6(2)3/h5H,3-4H2,1-2H3,(H2,8,9);4,6H,1,5H2,2-3H3. The van der Waals surface area contributed by atoms with Crippen molar-refractivity contribution in [2.75, 3.05) is 6.61 Å². The van der Waals surface area contributed by atoms with Crippen molar-refractivity contribution in [2.45, 2.75) is 34.1 Å². The van der Waals surface area contributed by atoms with E-state index >= 15 is 0 Å². The smallest absolute Gasteiger partial charge is 0.330 e. The third-order valence-corrected chi connectivity index (χ3v) is 1.73. The summed E-state index contributed by atoms with van der Waals surface area (Å²) in [6.07, 6.45) is 1.87. The van der Waals surface area contributed by atoms with Crippen LogP contribution in [-0.4, -0.2) is 18.5 Å². The van der Waals surface area contributed by atoms with E-state index in [2.05, 4.69) is 13.2 Å². The lowest BCUT2D eigenvalue weighted by Crippen LogP contribution is -2.14. The molecule has 0 saturated heterocycles. The number of carbonyl (C=O) groups is 2. The molecule has 0 spiro atoms. The first kappa shape index (κ1) is 18.8. The maximum Gasteiger partial charge on any atom is 0.330 e. The second-order valence-electron chi connectivity index (χ2n) is 4.79. The van der Waals surface area contributed by atoms with Crippen molar-refractivity contribution in [3.05, 3.63) is 24.8 Å². The Balaban J connectivity index is 0. The van der Waals surface area contributed by atoms with Gasteiger partial charge in [-0.15, -0.1) is 0 Å². The molecule has 0 bridgehead atoms. The average Bonchev–Trinajstić information content (AvgIpc) is 2.25. The first-order valence-corrected chi connectivity index (χ1v) is 5.97. The van der Waals surface area contributed by atoms with Crippen molar-refractivity contribution in [2.24, 2.45) is 17.6 Å². The Kier molecular flexibility index (Phi) is 11.0. The number of esters is 1. The Morgan fingerprint density at radius 3 is 1.94 bits per heavy atom. The number of hydrogen-bond donors (Lipinski definition) is 1. The van der Waals surface area contributed by atoms with Crippen molar-refractivity contribution >= 4 is 11.9 Å². The first-order chi connectivity index (χ1) is 8.20. The molecular formula is C14H25NO3. The van der Waals surface area contributed by atoms with Crippen LogP contribution < -0.4 is 5.73 Å². The molecule has 18 heavy (non-hydrogen) atoms. The van der Waals surface area contributed by atoms with Gasteiger partial charge in [-0.05, 0) is 18.3 Å². The van der Waals surface area contributed by atoms with Gasteiger partial charge in [-0.25, -0.2) is 4.79 Å². The monoisotopic (exact) mass is 255 g/mol. The largest absolute Gasteiger partial charge is 0.462 e. The Morgan fingerprint density at radius 1 is 1.22 bits per heavy atom. The topological polar surface area (TPSA) is 69.4 Å². The number of primary amides is 1. The number of amides is 1. The van der Waals surface area contributed by atoms with Gasteiger partial charge in [0.05, 0.1) is 6.61 Å². The Labute approximate surface area is 110 Å². The van der Waals surface area contributed by atoms with Gasteiger partial charge in [-0.2, -0.15) is 0 Å². The summed E-state index contributed by atoms with van der Waals surface area (Å²) in [4.78, 5) is 20.7. The van der Waals surface area contributed by atoms with Crippen molar-refractivity contribution < 1.29 is 14.3 Å². The quantitative estimate of drug-likeness (QED) is 0.585. The lowest BCUT2D eigenvalue weighted by atomic mass is 10.0. The molecule has 1 amide bonds. The molecule has 0 aromatic heterocycles. The zero-order valence-corrected chi connectivity index (χ0v) is 11.9. The van der Waals surface area contributed by atoms with Crippen LogP contribution in [0.15, 0.2) is 24.8 Å². The zero-order chi connectivity index (χ0) is 14.7. The highest BCUT2D eigenvalue weighted by Crippen LogP contribution is 2.06. The molecule has 0 saturated carbocycles. The molecule has 4 heteroatoms. The lowest BCUT2D eigenvalue weighted by molar-refractivity contribution is -0.138. The van der Waals surface area contributed by atoms with Gasteiger partial charge < -0.3 is 10.5 Å². The summed E-state index contributed by atoms with van der Waals surface area (Å²) in [5.74, 6) is 0.131. The number of rotatable bonds is 6. The van der Waals surface area contributed by atoms with E-state index in [0.29, 0.717) is 30.4 Å². The van der Waals surface area contributed by atoms with Gasteiger partial charge in [-0.1, -0.05) is 40.9 Å². The van der Waals surface area contributed by atoms with Crippen LogP contribution in [0.1, 0.15) is 34.1 Å². The van der Waals surface area contributed by atoms with E-state index < -0.39 is 0 Å². The van der Waals surface area contributed by atoms with E-state index in [1.807, 2.05) is 27.7 Å². The molecule has 0 aromatic carbocycles. The summed E-state index contributed by atoms with van der Waals surface area (Å²) in [6, 6.07) is 0. The van der Waals surface area contributed by atoms with Crippen molar-refractivity contribution in [1.82, 2.24) is 0 Å². The van der Waals surface area contributed by atoms with Gasteiger partial charge in [0.2, 0.25) is 5.91 Å². The fraction of sp³-hybridized carbons (Fsp3) is 0.571. The van der Waals surface area contributed by atoms with Crippen LogP contribution in [0.4, 0.5) is 0 Å². The third kappa shape index (κ3) is 14.4. The SMILES string of the molecule is C=C(CC(C)C)C(N)=O.C=CC(=O)OCC(C)C. The van der Waals surface area contributed by atoms with Crippen LogP contribution in [0, 0.1) is 11.8 Å². The molecule has 0 aliphatic heterocycles. The highest BCUT2D eigenvalue weighted by molar-refractivity contribution is 5.91. The second-order valence-corrected chi connectivity index (χ2v) is 4.79. The van der Waals surface area contributed by atoms with Gasteiger partial charge in [0, 0.05) is 11.6 Å². The zero-order valence-electron chi connectivity index (χ0n) is 11.9. The van der Waals surface area contributed by atoms with E-state index in [1.54, 1.807) is 0 Å². The molecule has 0 atom stereocenters. The summed E-state index contributed by atoms with van der Waals surface area (Å²) in [5.41, 5.74) is 5.46. The highest BCUT2D eigenvalue weighted by atomic mass is 16.5. The summed E-state index contributed by atoms with van der Waals surface area (Å²) in [7, 11) is 0. The van der Waals surface area contributed by atoms with Crippen LogP contribution in [-0.2, 0) is 14.3 Å². The molecule has 0 aliphatic carbocycles. The minimum Gasteiger partial charge on any atom is -0.462 e. The molecule has 0 heterocycles. The normalized spacial score (nSPS) is 9.44. The number of hydrogen-bond acceptors (Lipinski definition) is 3. The first-order valence-electron chi connectivity index (χ1n) is 5.97. The maximum absolute atomic E-state index is 10.4. The molecule has 0 rings (SSSR count). The predicted molar refractivity (Wildman–Crippen MR) is 73.8 cm³/mol. The minimum absolute atomic E-state index is 0.344. The van der Waals surface area contributed by atoms with Gasteiger partial charge >= 0.3 is 5.97 Å². The molecule has 2 N–H and O–H groups in total. The van der Waals surface area contributed by atoms with E-state index in [1.165, 1.54) is 6.08 Å². The lowest BCUT2D eigenvalue weighted by Gasteiger charge is -2.02. The van der Waals surface area contributed by atoms with Crippen molar-refractivity contribution in [3.63, 3.8) is 0 Å². The minimum atomic E-state index is -0.385. The molecule has 0 unspecified atom stereocenters. The van der Waals surface area contributed by atoms with Crippen molar-refractivity contribution in [1.29, 1.82) is 0 Å². The molecular weight excluding hydrogens is 230 g/mol. The summed E-state index contributed by atoms with van der Waals surface area (Å²) in [5, 5.41) is 0.